The van der Waals surface area contributed by atoms with E-state index in [-0.39, 0.29) is 11.8 Å². The number of aliphatic hydroxyl groups is 1. The first-order chi connectivity index (χ1) is 7.93. The van der Waals surface area contributed by atoms with Crippen molar-refractivity contribution in [3.63, 3.8) is 0 Å². The largest absolute Gasteiger partial charge is 0.389 e. The minimum absolute atomic E-state index is 0.0775. The number of benzene rings is 1. The molecule has 17 heavy (non-hydrogen) atoms. The van der Waals surface area contributed by atoms with Crippen LogP contribution in [0.3, 0.4) is 0 Å². The third-order valence-electron chi connectivity index (χ3n) is 2.69. The second kappa shape index (κ2) is 5.80. The molecule has 0 bridgehead atoms. The molecular weight excluding hydrogens is 216 g/mol. The third-order valence-corrected chi connectivity index (χ3v) is 2.69. The van der Waals surface area contributed by atoms with Crippen molar-refractivity contribution in [2.45, 2.75) is 32.9 Å². The third kappa shape index (κ3) is 3.54. The summed E-state index contributed by atoms with van der Waals surface area (Å²) in [6.07, 6.45) is -0.623. The van der Waals surface area contributed by atoms with E-state index in [1.54, 1.807) is 19.1 Å². The lowest BCUT2D eigenvalue weighted by Crippen LogP contribution is -2.39. The zero-order valence-electron chi connectivity index (χ0n) is 10.5. The molecule has 0 aliphatic carbocycles. The van der Waals surface area contributed by atoms with Crippen molar-refractivity contribution in [2.75, 3.05) is 5.32 Å². The van der Waals surface area contributed by atoms with E-state index in [0.717, 1.165) is 0 Å². The Kier molecular flexibility index (Phi) is 4.66. The molecule has 1 aromatic rings. The fraction of sp³-hybridized carbons (Fsp3) is 0.462. The summed E-state index contributed by atoms with van der Waals surface area (Å²) in [4.78, 5) is 11.8. The van der Waals surface area contributed by atoms with Crippen LogP contribution in [0.1, 0.15) is 32.4 Å². The Bertz CT molecular complexity index is 389. The first kappa shape index (κ1) is 13.7. The number of carbonyl (C=O) groups is 1. The Morgan fingerprint density at radius 1 is 1.29 bits per heavy atom. The van der Waals surface area contributed by atoms with Crippen LogP contribution in [0.4, 0.5) is 5.69 Å². The number of aliphatic hydroxyl groups excluding tert-OH is 1. The van der Waals surface area contributed by atoms with Crippen molar-refractivity contribution in [3.05, 3.63) is 29.8 Å². The van der Waals surface area contributed by atoms with Crippen LogP contribution in [0.15, 0.2) is 24.3 Å². The maximum Gasteiger partial charge on any atom is 0.241 e. The van der Waals surface area contributed by atoms with Gasteiger partial charge in [0.25, 0.3) is 0 Å². The Morgan fingerprint density at radius 3 is 2.41 bits per heavy atom. The van der Waals surface area contributed by atoms with Crippen molar-refractivity contribution < 1.29 is 9.90 Å². The highest BCUT2D eigenvalue weighted by atomic mass is 16.3. The molecule has 0 aliphatic rings. The molecule has 0 fully saturated rings. The summed E-state index contributed by atoms with van der Waals surface area (Å²) in [6, 6.07) is 6.62. The van der Waals surface area contributed by atoms with Crippen LogP contribution in [0.5, 0.6) is 0 Å². The molecule has 0 saturated heterocycles. The fourth-order valence-electron chi connectivity index (χ4n) is 1.49. The number of nitrogens with two attached hydrogens (primary N) is 1. The molecule has 1 aromatic carbocycles. The van der Waals surface area contributed by atoms with E-state index in [4.69, 9.17) is 5.73 Å². The lowest BCUT2D eigenvalue weighted by molar-refractivity contribution is -0.118. The van der Waals surface area contributed by atoms with Gasteiger partial charge < -0.3 is 16.2 Å². The summed E-state index contributed by atoms with van der Waals surface area (Å²) in [5, 5.41) is 12.3. The number of rotatable bonds is 4. The Labute approximate surface area is 102 Å². The molecule has 2 atom stereocenters. The number of para-hydroxylation sites is 1. The second-order valence-electron chi connectivity index (χ2n) is 4.52. The molecule has 4 N–H and O–H groups in total. The zero-order chi connectivity index (χ0) is 13.0. The van der Waals surface area contributed by atoms with Crippen LogP contribution in [-0.4, -0.2) is 17.1 Å². The van der Waals surface area contributed by atoms with Gasteiger partial charge in [-0.15, -0.1) is 0 Å². The highest BCUT2D eigenvalue weighted by molar-refractivity contribution is 5.95. The van der Waals surface area contributed by atoms with Gasteiger partial charge in [0.15, 0.2) is 0 Å². The molecule has 1 rings (SSSR count). The number of carbonyl (C=O) groups excluding carboxylic acids is 1. The molecule has 0 heterocycles. The molecule has 0 spiro atoms. The average Bonchev–Trinajstić information content (AvgIpc) is 2.28. The van der Waals surface area contributed by atoms with E-state index in [1.807, 2.05) is 26.0 Å². The van der Waals surface area contributed by atoms with E-state index < -0.39 is 12.1 Å². The highest BCUT2D eigenvalue weighted by Crippen LogP contribution is 2.22. The molecule has 0 aliphatic heterocycles. The Morgan fingerprint density at radius 2 is 1.88 bits per heavy atom. The predicted molar refractivity (Wildman–Crippen MR) is 68.5 cm³/mol. The average molecular weight is 236 g/mol. The standard InChI is InChI=1S/C13H20N2O2/c1-8(2)12(14)13(17)15-11-7-5-4-6-10(11)9(3)16/h4-9,12,16H,14H2,1-3H3,(H,15,17)/t9?,12-/m1/s1. The minimum atomic E-state index is -0.623. The monoisotopic (exact) mass is 236 g/mol. The van der Waals surface area contributed by atoms with Gasteiger partial charge in [-0.3, -0.25) is 4.79 Å². The van der Waals surface area contributed by atoms with Crippen LogP contribution < -0.4 is 11.1 Å². The molecule has 1 amide bonds. The predicted octanol–water partition coefficient (Wildman–Crippen LogP) is 1.66. The molecule has 94 valence electrons. The summed E-state index contributed by atoms with van der Waals surface area (Å²) >= 11 is 0. The second-order valence-corrected chi connectivity index (χ2v) is 4.52. The minimum Gasteiger partial charge on any atom is -0.389 e. The highest BCUT2D eigenvalue weighted by Gasteiger charge is 2.18. The maximum absolute atomic E-state index is 11.8. The smallest absolute Gasteiger partial charge is 0.241 e. The van der Waals surface area contributed by atoms with Crippen molar-refractivity contribution in [3.8, 4) is 0 Å². The molecule has 0 saturated carbocycles. The van der Waals surface area contributed by atoms with Gasteiger partial charge in [-0.1, -0.05) is 32.0 Å². The van der Waals surface area contributed by atoms with Gasteiger partial charge in [-0.25, -0.2) is 0 Å². The zero-order valence-corrected chi connectivity index (χ0v) is 10.5. The molecular formula is C13H20N2O2. The van der Waals surface area contributed by atoms with Crippen LogP contribution in [0.2, 0.25) is 0 Å². The number of hydrogen-bond acceptors (Lipinski definition) is 3. The molecule has 1 unspecified atom stereocenters. The lowest BCUT2D eigenvalue weighted by Gasteiger charge is -2.18. The molecule has 4 nitrogen and oxygen atoms in total. The van der Waals surface area contributed by atoms with Gasteiger partial charge in [0, 0.05) is 11.3 Å². The quantitative estimate of drug-likeness (QED) is 0.744. The number of anilines is 1. The van der Waals surface area contributed by atoms with Crippen molar-refractivity contribution >= 4 is 11.6 Å². The van der Waals surface area contributed by atoms with E-state index >= 15 is 0 Å². The summed E-state index contributed by atoms with van der Waals surface area (Å²) in [5.41, 5.74) is 7.07. The fourth-order valence-corrected chi connectivity index (χ4v) is 1.49. The van der Waals surface area contributed by atoms with Crippen molar-refractivity contribution in [1.29, 1.82) is 0 Å². The van der Waals surface area contributed by atoms with Crippen LogP contribution >= 0.6 is 0 Å². The van der Waals surface area contributed by atoms with E-state index in [0.29, 0.717) is 11.3 Å². The van der Waals surface area contributed by atoms with Gasteiger partial charge in [0.05, 0.1) is 12.1 Å². The van der Waals surface area contributed by atoms with Crippen molar-refractivity contribution in [1.82, 2.24) is 0 Å². The summed E-state index contributed by atoms with van der Waals surface area (Å²) in [7, 11) is 0. The summed E-state index contributed by atoms with van der Waals surface area (Å²) in [5.74, 6) is -0.151. The maximum atomic E-state index is 11.8. The van der Waals surface area contributed by atoms with Crippen molar-refractivity contribution in [2.24, 2.45) is 11.7 Å². The van der Waals surface area contributed by atoms with Crippen LogP contribution in [0.25, 0.3) is 0 Å². The van der Waals surface area contributed by atoms with Gasteiger partial charge >= 0.3 is 0 Å². The molecule has 0 radical (unpaired) electrons. The van der Waals surface area contributed by atoms with Crippen LogP contribution in [-0.2, 0) is 4.79 Å². The van der Waals surface area contributed by atoms with Gasteiger partial charge in [-0.05, 0) is 18.9 Å². The normalized spacial score (nSPS) is 14.5. The van der Waals surface area contributed by atoms with Gasteiger partial charge in [0.2, 0.25) is 5.91 Å². The SMILES string of the molecule is CC(O)c1ccccc1NC(=O)[C@H](N)C(C)C. The van der Waals surface area contributed by atoms with E-state index in [9.17, 15) is 9.90 Å². The Balaban J connectivity index is 2.85. The number of nitrogens with one attached hydrogen (secondary N) is 1. The molecule has 0 aromatic heterocycles. The first-order valence-corrected chi connectivity index (χ1v) is 5.77. The topological polar surface area (TPSA) is 75.3 Å². The number of hydrogen-bond donors (Lipinski definition) is 3. The summed E-state index contributed by atoms with van der Waals surface area (Å²) < 4.78 is 0. The molecule has 4 heteroatoms. The van der Waals surface area contributed by atoms with E-state index in [2.05, 4.69) is 5.32 Å². The Hall–Kier alpha value is -1.39. The van der Waals surface area contributed by atoms with Gasteiger partial charge in [-0.2, -0.15) is 0 Å². The lowest BCUT2D eigenvalue weighted by atomic mass is 10.0. The summed E-state index contributed by atoms with van der Waals surface area (Å²) in [6.45, 7) is 5.45. The number of amides is 1. The van der Waals surface area contributed by atoms with Crippen LogP contribution in [0, 0.1) is 5.92 Å². The van der Waals surface area contributed by atoms with Gasteiger partial charge in [0.1, 0.15) is 0 Å². The first-order valence-electron chi connectivity index (χ1n) is 5.77. The van der Waals surface area contributed by atoms with E-state index in [1.165, 1.54) is 0 Å².